The van der Waals surface area contributed by atoms with Crippen molar-refractivity contribution < 1.29 is 24.2 Å². The number of carbonyl (C=O) groups is 2. The van der Waals surface area contributed by atoms with Crippen LogP contribution in [0, 0.1) is 34.0 Å². The summed E-state index contributed by atoms with van der Waals surface area (Å²) in [7, 11) is 0. The van der Waals surface area contributed by atoms with E-state index in [9.17, 15) is 14.7 Å². The third kappa shape index (κ3) is 3.84. The Labute approximate surface area is 175 Å². The molecule has 5 nitrogen and oxygen atoms in total. The van der Waals surface area contributed by atoms with Crippen molar-refractivity contribution in [3.05, 3.63) is 0 Å². The van der Waals surface area contributed by atoms with Gasteiger partial charge in [-0.3, -0.25) is 9.59 Å². The standard InChI is InChI=1S/C24H40O5/c1-16(25)28-14-20-23(6)12-8-18-21(3,4)10-7-11-22(18,5)19(23)9-13-24(20,27)15-29-17(2)26/h18-20,27H,7-15H2,1-6H3. The Morgan fingerprint density at radius 3 is 2.10 bits per heavy atom. The van der Waals surface area contributed by atoms with Crippen LogP contribution in [-0.4, -0.2) is 35.9 Å². The van der Waals surface area contributed by atoms with Gasteiger partial charge in [0, 0.05) is 19.8 Å². The van der Waals surface area contributed by atoms with Crippen LogP contribution < -0.4 is 0 Å². The maximum atomic E-state index is 11.6. The molecule has 3 aliphatic rings. The molecule has 0 aliphatic heterocycles. The minimum atomic E-state index is -1.15. The van der Waals surface area contributed by atoms with Crippen molar-refractivity contribution in [2.24, 2.45) is 34.0 Å². The minimum Gasteiger partial charge on any atom is -0.465 e. The van der Waals surface area contributed by atoms with E-state index in [4.69, 9.17) is 9.47 Å². The number of ether oxygens (including phenoxy) is 2. The molecule has 0 heterocycles. The van der Waals surface area contributed by atoms with E-state index in [2.05, 4.69) is 27.7 Å². The highest BCUT2D eigenvalue weighted by Gasteiger charge is 2.65. The van der Waals surface area contributed by atoms with Gasteiger partial charge >= 0.3 is 11.9 Å². The molecule has 166 valence electrons. The fourth-order valence-electron chi connectivity index (χ4n) is 7.89. The summed E-state index contributed by atoms with van der Waals surface area (Å²) in [6.07, 6.45) is 7.41. The Morgan fingerprint density at radius 2 is 1.48 bits per heavy atom. The van der Waals surface area contributed by atoms with Crippen LogP contribution in [0.1, 0.15) is 86.5 Å². The number of fused-ring (bicyclic) bond motifs is 3. The maximum Gasteiger partial charge on any atom is 0.302 e. The monoisotopic (exact) mass is 408 g/mol. The molecule has 3 rings (SSSR count). The van der Waals surface area contributed by atoms with Crippen molar-refractivity contribution in [3.63, 3.8) is 0 Å². The molecule has 3 fully saturated rings. The molecule has 0 aromatic carbocycles. The Hall–Kier alpha value is -1.10. The number of aliphatic hydroxyl groups is 1. The van der Waals surface area contributed by atoms with Crippen LogP contribution in [0.4, 0.5) is 0 Å². The number of rotatable bonds is 4. The fourth-order valence-corrected chi connectivity index (χ4v) is 7.89. The summed E-state index contributed by atoms with van der Waals surface area (Å²) in [5.41, 5.74) is -0.738. The second kappa shape index (κ2) is 7.55. The molecular formula is C24H40O5. The first-order valence-corrected chi connectivity index (χ1v) is 11.3. The number of carbonyl (C=O) groups excluding carboxylic acids is 2. The molecular weight excluding hydrogens is 368 g/mol. The fraction of sp³-hybridized carbons (Fsp3) is 0.917. The number of hydrogen-bond donors (Lipinski definition) is 1. The van der Waals surface area contributed by atoms with Crippen LogP contribution in [0.2, 0.25) is 0 Å². The lowest BCUT2D eigenvalue weighted by atomic mass is 9.38. The molecule has 29 heavy (non-hydrogen) atoms. The number of hydrogen-bond acceptors (Lipinski definition) is 5. The summed E-state index contributed by atoms with van der Waals surface area (Å²) in [4.78, 5) is 23.1. The SMILES string of the molecule is CC(=O)OCC1C(O)(COC(C)=O)CCC2C3(C)CCCC(C)(C)C3CCC12C. The molecule has 0 radical (unpaired) electrons. The normalized spacial score (nSPS) is 43.6. The molecule has 5 heteroatoms. The average molecular weight is 409 g/mol. The van der Waals surface area contributed by atoms with E-state index in [0.29, 0.717) is 23.7 Å². The molecule has 6 atom stereocenters. The predicted molar refractivity (Wildman–Crippen MR) is 111 cm³/mol. The Balaban J connectivity index is 1.96. The van der Waals surface area contributed by atoms with Crippen LogP contribution in [0.5, 0.6) is 0 Å². The zero-order valence-corrected chi connectivity index (χ0v) is 19.2. The highest BCUT2D eigenvalue weighted by molar-refractivity contribution is 5.66. The number of esters is 2. The summed E-state index contributed by atoms with van der Waals surface area (Å²) in [6.45, 7) is 12.5. The second-order valence-electron chi connectivity index (χ2n) is 11.3. The smallest absolute Gasteiger partial charge is 0.302 e. The molecule has 6 unspecified atom stereocenters. The van der Waals surface area contributed by atoms with E-state index < -0.39 is 5.60 Å². The quantitative estimate of drug-likeness (QED) is 0.693. The van der Waals surface area contributed by atoms with E-state index in [0.717, 1.165) is 19.3 Å². The van der Waals surface area contributed by atoms with Gasteiger partial charge in [-0.2, -0.15) is 0 Å². The zero-order valence-electron chi connectivity index (χ0n) is 19.2. The van der Waals surface area contributed by atoms with E-state index >= 15 is 0 Å². The summed E-state index contributed by atoms with van der Waals surface area (Å²) >= 11 is 0. The van der Waals surface area contributed by atoms with Gasteiger partial charge in [0.15, 0.2) is 0 Å². The van der Waals surface area contributed by atoms with Crippen molar-refractivity contribution in [3.8, 4) is 0 Å². The lowest BCUT2D eigenvalue weighted by Crippen LogP contribution is -2.65. The molecule has 1 N–H and O–H groups in total. The topological polar surface area (TPSA) is 72.8 Å². The van der Waals surface area contributed by atoms with Gasteiger partial charge in [-0.05, 0) is 66.6 Å². The predicted octanol–water partition coefficient (Wildman–Crippen LogP) is 4.50. The van der Waals surface area contributed by atoms with E-state index in [1.54, 1.807) is 0 Å². The van der Waals surface area contributed by atoms with Crippen molar-refractivity contribution in [1.29, 1.82) is 0 Å². The first-order chi connectivity index (χ1) is 13.4. The first kappa shape index (κ1) is 22.6. The van der Waals surface area contributed by atoms with E-state index in [-0.39, 0.29) is 41.9 Å². The van der Waals surface area contributed by atoms with Gasteiger partial charge in [0.2, 0.25) is 0 Å². The summed E-state index contributed by atoms with van der Waals surface area (Å²) < 4.78 is 10.7. The molecule has 0 aromatic rings. The molecule has 0 spiro atoms. The van der Waals surface area contributed by atoms with E-state index in [1.165, 1.54) is 33.1 Å². The van der Waals surface area contributed by atoms with Gasteiger partial charge in [-0.25, -0.2) is 0 Å². The molecule has 3 aliphatic carbocycles. The first-order valence-electron chi connectivity index (χ1n) is 11.3. The van der Waals surface area contributed by atoms with Gasteiger partial charge in [0.1, 0.15) is 12.2 Å². The molecule has 0 aromatic heterocycles. The molecule has 3 saturated carbocycles. The highest BCUT2D eigenvalue weighted by Crippen LogP contribution is 2.69. The molecule has 0 amide bonds. The third-order valence-corrected chi connectivity index (χ3v) is 9.13. The van der Waals surface area contributed by atoms with Gasteiger partial charge in [-0.15, -0.1) is 0 Å². The van der Waals surface area contributed by atoms with Crippen LogP contribution in [-0.2, 0) is 19.1 Å². The van der Waals surface area contributed by atoms with Gasteiger partial charge in [0.05, 0.1) is 6.61 Å². The van der Waals surface area contributed by atoms with Crippen LogP contribution in [0.3, 0.4) is 0 Å². The van der Waals surface area contributed by atoms with Crippen LogP contribution in [0.25, 0.3) is 0 Å². The zero-order chi connectivity index (χ0) is 21.7. The van der Waals surface area contributed by atoms with Gasteiger partial charge < -0.3 is 14.6 Å². The Kier molecular flexibility index (Phi) is 5.88. The highest BCUT2D eigenvalue weighted by atomic mass is 16.5. The molecule has 0 bridgehead atoms. The van der Waals surface area contributed by atoms with Gasteiger partial charge in [-0.1, -0.05) is 34.1 Å². The maximum absolute atomic E-state index is 11.6. The average Bonchev–Trinajstić information content (AvgIpc) is 2.58. The third-order valence-electron chi connectivity index (χ3n) is 9.13. The Morgan fingerprint density at radius 1 is 0.862 bits per heavy atom. The van der Waals surface area contributed by atoms with Gasteiger partial charge in [0.25, 0.3) is 0 Å². The molecule has 0 saturated heterocycles. The Bertz CT molecular complexity index is 658. The van der Waals surface area contributed by atoms with Crippen LogP contribution >= 0.6 is 0 Å². The largest absolute Gasteiger partial charge is 0.465 e. The van der Waals surface area contributed by atoms with Crippen molar-refractivity contribution in [1.82, 2.24) is 0 Å². The lowest BCUT2D eigenvalue weighted by molar-refractivity contribution is -0.235. The summed E-state index contributed by atoms with van der Waals surface area (Å²) in [5, 5.41) is 11.6. The second-order valence-corrected chi connectivity index (χ2v) is 11.3. The van der Waals surface area contributed by atoms with Crippen LogP contribution in [0.15, 0.2) is 0 Å². The van der Waals surface area contributed by atoms with Crippen molar-refractivity contribution in [2.45, 2.75) is 92.1 Å². The minimum absolute atomic E-state index is 0.0256. The lowest BCUT2D eigenvalue weighted by Gasteiger charge is -2.67. The van der Waals surface area contributed by atoms with Crippen molar-refractivity contribution in [2.75, 3.05) is 13.2 Å². The van der Waals surface area contributed by atoms with E-state index in [1.807, 2.05) is 0 Å². The summed E-state index contributed by atoms with van der Waals surface area (Å²) in [5.74, 6) is 0.188. The van der Waals surface area contributed by atoms with Crippen molar-refractivity contribution >= 4 is 11.9 Å². The summed E-state index contributed by atoms with van der Waals surface area (Å²) in [6, 6.07) is 0.